The Labute approximate surface area is 248 Å². The van der Waals surface area contributed by atoms with Gasteiger partial charge in [-0.25, -0.2) is 9.97 Å². The largest absolute Gasteiger partial charge is 0.494 e. The Morgan fingerprint density at radius 3 is 1.45 bits per heavy atom. The Morgan fingerprint density at radius 2 is 1.05 bits per heavy atom. The minimum absolute atomic E-state index is 0.232. The lowest BCUT2D eigenvalue weighted by atomic mass is 9.90. The summed E-state index contributed by atoms with van der Waals surface area (Å²) in [5.41, 5.74) is 4.34. The second-order valence-corrected chi connectivity index (χ2v) is 11.9. The van der Waals surface area contributed by atoms with Gasteiger partial charge in [0.15, 0.2) is 0 Å². The minimum Gasteiger partial charge on any atom is -0.494 e. The Kier molecular flexibility index (Phi) is 7.53. The van der Waals surface area contributed by atoms with Crippen molar-refractivity contribution in [2.24, 2.45) is 0 Å². The molecule has 3 fully saturated rings. The van der Waals surface area contributed by atoms with Gasteiger partial charge in [-0.1, -0.05) is 37.1 Å². The average Bonchev–Trinajstić information content (AvgIpc) is 3.76. The van der Waals surface area contributed by atoms with Crippen LogP contribution in [0.25, 0.3) is 21.8 Å². The van der Waals surface area contributed by atoms with Crippen LogP contribution in [0.15, 0.2) is 48.5 Å². The van der Waals surface area contributed by atoms with Crippen molar-refractivity contribution in [3.8, 4) is 11.5 Å². The maximum absolute atomic E-state index is 5.75. The van der Waals surface area contributed by atoms with Crippen LogP contribution < -0.4 is 29.9 Å². The normalized spacial score (nSPS) is 20.8. The molecule has 0 unspecified atom stereocenters. The van der Waals surface area contributed by atoms with Crippen molar-refractivity contribution in [1.29, 1.82) is 0 Å². The van der Waals surface area contributed by atoms with Crippen LogP contribution in [-0.4, -0.2) is 62.5 Å². The van der Waals surface area contributed by atoms with Gasteiger partial charge in [0.05, 0.1) is 14.2 Å². The Hall–Kier alpha value is -3.94. The SMILES string of the molecule is COc1cccc2c(N3CCCC3)cc(N[C@@H]3CCCC[C@H]3Nc3cc(N4CCCC4)c4cccc(OC)c4n3)nc12. The van der Waals surface area contributed by atoms with E-state index in [0.717, 1.165) is 84.0 Å². The molecule has 2 saturated heterocycles. The number of nitrogens with zero attached hydrogens (tertiary/aromatic N) is 4. The van der Waals surface area contributed by atoms with Gasteiger partial charge >= 0.3 is 0 Å². The molecule has 4 heterocycles. The van der Waals surface area contributed by atoms with E-state index in [9.17, 15) is 0 Å². The van der Waals surface area contributed by atoms with Crippen molar-refractivity contribution in [1.82, 2.24) is 9.97 Å². The van der Waals surface area contributed by atoms with Gasteiger partial charge in [0.2, 0.25) is 0 Å². The smallest absolute Gasteiger partial charge is 0.145 e. The average molecular weight is 567 g/mol. The first-order valence-electron chi connectivity index (χ1n) is 15.7. The van der Waals surface area contributed by atoms with Crippen LogP contribution in [-0.2, 0) is 0 Å². The number of rotatable bonds is 8. The van der Waals surface area contributed by atoms with Crippen molar-refractivity contribution in [3.05, 3.63) is 48.5 Å². The van der Waals surface area contributed by atoms with E-state index in [1.807, 2.05) is 12.1 Å². The molecule has 2 aliphatic heterocycles. The molecule has 42 heavy (non-hydrogen) atoms. The van der Waals surface area contributed by atoms with E-state index in [1.165, 1.54) is 49.9 Å². The van der Waals surface area contributed by atoms with Crippen molar-refractivity contribution in [2.45, 2.75) is 63.5 Å². The molecule has 2 atom stereocenters. The quantitative estimate of drug-likeness (QED) is 0.240. The number of pyridine rings is 2. The molecule has 8 nitrogen and oxygen atoms in total. The summed E-state index contributed by atoms with van der Waals surface area (Å²) in [6.07, 6.45) is 9.48. The van der Waals surface area contributed by atoms with Gasteiger partial charge in [-0.3, -0.25) is 0 Å². The van der Waals surface area contributed by atoms with Crippen LogP contribution in [0.4, 0.5) is 23.0 Å². The first-order valence-corrected chi connectivity index (χ1v) is 15.7. The lowest BCUT2D eigenvalue weighted by Gasteiger charge is -2.34. The fourth-order valence-electron chi connectivity index (χ4n) is 7.18. The summed E-state index contributed by atoms with van der Waals surface area (Å²) >= 11 is 0. The fourth-order valence-corrected chi connectivity index (χ4v) is 7.18. The molecule has 4 aromatic rings. The standard InChI is InChI=1S/C34H42N6O2/c1-41-29-15-9-11-23-27(39-17-5-6-18-39)21-31(37-33(23)29)35-25-13-3-4-14-26(25)36-32-22-28(40-19-7-8-20-40)24-12-10-16-30(42-2)34(24)38-32/h9-12,15-16,21-22,25-26H,3-8,13-14,17-20H2,1-2H3,(H,35,37)(H,36,38)/t25-,26-/m1/s1. The third-order valence-corrected chi connectivity index (χ3v) is 9.33. The second-order valence-electron chi connectivity index (χ2n) is 11.9. The molecule has 3 aliphatic rings. The summed E-state index contributed by atoms with van der Waals surface area (Å²) < 4.78 is 11.5. The fraction of sp³-hybridized carbons (Fsp3) is 0.471. The molecule has 7 rings (SSSR count). The van der Waals surface area contributed by atoms with E-state index < -0.39 is 0 Å². The summed E-state index contributed by atoms with van der Waals surface area (Å²) in [6, 6.07) is 17.5. The number of aromatic nitrogens is 2. The molecular weight excluding hydrogens is 524 g/mol. The molecule has 2 aromatic heterocycles. The lowest BCUT2D eigenvalue weighted by molar-refractivity contribution is 0.417. The Bertz CT molecular complexity index is 1450. The van der Waals surface area contributed by atoms with Crippen LogP contribution in [0.3, 0.4) is 0 Å². The third-order valence-electron chi connectivity index (χ3n) is 9.33. The van der Waals surface area contributed by atoms with Crippen molar-refractivity contribution in [2.75, 3.05) is 60.8 Å². The molecule has 8 heteroatoms. The number of fused-ring (bicyclic) bond motifs is 2. The predicted molar refractivity (Wildman–Crippen MR) is 173 cm³/mol. The van der Waals surface area contributed by atoms with E-state index >= 15 is 0 Å². The first-order chi connectivity index (χ1) is 20.7. The van der Waals surface area contributed by atoms with Crippen molar-refractivity contribution >= 4 is 44.8 Å². The highest BCUT2D eigenvalue weighted by molar-refractivity contribution is 5.98. The molecule has 0 amide bonds. The van der Waals surface area contributed by atoms with Crippen LogP contribution in [0.1, 0.15) is 51.4 Å². The van der Waals surface area contributed by atoms with Crippen LogP contribution in [0.5, 0.6) is 11.5 Å². The Balaban J connectivity index is 1.22. The molecule has 2 aromatic carbocycles. The van der Waals surface area contributed by atoms with Crippen LogP contribution in [0.2, 0.25) is 0 Å². The molecule has 1 saturated carbocycles. The summed E-state index contributed by atoms with van der Waals surface area (Å²) in [7, 11) is 3.46. The van der Waals surface area contributed by atoms with E-state index in [2.05, 4.69) is 56.8 Å². The highest BCUT2D eigenvalue weighted by Crippen LogP contribution is 2.38. The van der Waals surface area contributed by atoms with Crippen LogP contribution in [0, 0.1) is 0 Å². The van der Waals surface area contributed by atoms with Gasteiger partial charge < -0.3 is 29.9 Å². The van der Waals surface area contributed by atoms with Crippen molar-refractivity contribution in [3.63, 3.8) is 0 Å². The van der Waals surface area contributed by atoms with Crippen molar-refractivity contribution < 1.29 is 9.47 Å². The van der Waals surface area contributed by atoms with E-state index in [-0.39, 0.29) is 12.1 Å². The van der Waals surface area contributed by atoms with E-state index in [0.29, 0.717) is 0 Å². The topological polar surface area (TPSA) is 74.8 Å². The van der Waals surface area contributed by atoms with Gasteiger partial charge in [-0.2, -0.15) is 0 Å². The molecule has 1 aliphatic carbocycles. The number of ether oxygens (including phenoxy) is 2. The number of nitrogens with one attached hydrogen (secondary N) is 2. The second kappa shape index (κ2) is 11.7. The third kappa shape index (κ3) is 5.12. The number of anilines is 4. The summed E-state index contributed by atoms with van der Waals surface area (Å²) in [5, 5.41) is 10.1. The number of hydrogen-bond donors (Lipinski definition) is 2. The highest BCUT2D eigenvalue weighted by atomic mass is 16.5. The maximum atomic E-state index is 5.75. The summed E-state index contributed by atoms with van der Waals surface area (Å²) in [5.74, 6) is 3.47. The monoisotopic (exact) mass is 566 g/mol. The van der Waals surface area contributed by atoms with E-state index in [1.54, 1.807) is 14.2 Å². The van der Waals surface area contributed by atoms with Gasteiger partial charge in [0.1, 0.15) is 34.2 Å². The molecule has 0 spiro atoms. The van der Waals surface area contributed by atoms with Gasteiger partial charge in [-0.05, 0) is 50.7 Å². The number of para-hydroxylation sites is 2. The maximum Gasteiger partial charge on any atom is 0.145 e. The van der Waals surface area contributed by atoms with Gasteiger partial charge in [0.25, 0.3) is 0 Å². The molecular formula is C34H42N6O2. The minimum atomic E-state index is 0.232. The van der Waals surface area contributed by atoms with E-state index in [4.69, 9.17) is 19.4 Å². The van der Waals surface area contributed by atoms with Gasteiger partial charge in [0, 0.05) is 72.5 Å². The predicted octanol–water partition coefficient (Wildman–Crippen LogP) is 6.84. The Morgan fingerprint density at radius 1 is 0.619 bits per heavy atom. The summed E-state index contributed by atoms with van der Waals surface area (Å²) in [4.78, 5) is 15.2. The molecule has 2 N–H and O–H groups in total. The zero-order valence-corrected chi connectivity index (χ0v) is 24.9. The summed E-state index contributed by atoms with van der Waals surface area (Å²) in [6.45, 7) is 4.33. The zero-order chi connectivity index (χ0) is 28.5. The van der Waals surface area contributed by atoms with Gasteiger partial charge in [-0.15, -0.1) is 0 Å². The molecule has 0 radical (unpaired) electrons. The molecule has 220 valence electrons. The van der Waals surface area contributed by atoms with Crippen LogP contribution >= 0.6 is 0 Å². The first kappa shape index (κ1) is 26.9. The zero-order valence-electron chi connectivity index (χ0n) is 24.9. The highest BCUT2D eigenvalue weighted by Gasteiger charge is 2.28. The number of hydrogen-bond acceptors (Lipinski definition) is 8. The number of benzene rings is 2. The lowest BCUT2D eigenvalue weighted by Crippen LogP contribution is -2.42. The number of methoxy groups -OCH3 is 2. The molecule has 0 bridgehead atoms.